The molecule has 3 aromatic rings. The predicted molar refractivity (Wildman–Crippen MR) is 91.6 cm³/mol. The zero-order valence-corrected chi connectivity index (χ0v) is 13.5. The van der Waals surface area contributed by atoms with Gasteiger partial charge < -0.3 is 4.90 Å². The number of fused-ring (bicyclic) bond motifs is 3. The second kappa shape index (κ2) is 5.19. The fourth-order valence-electron chi connectivity index (χ4n) is 3.97. The number of aromatic nitrogens is 4. The Hall–Kier alpha value is -2.63. The summed E-state index contributed by atoms with van der Waals surface area (Å²) in [5.41, 5.74) is 4.60. The maximum Gasteiger partial charge on any atom is 0.277 e. The number of para-hydroxylation sites is 1. The molecule has 0 unspecified atom stereocenters. The predicted octanol–water partition coefficient (Wildman–Crippen LogP) is 1.44. The maximum atomic E-state index is 12.7. The first-order chi connectivity index (χ1) is 11.8. The van der Waals surface area contributed by atoms with Crippen LogP contribution in [0.3, 0.4) is 0 Å². The molecular formula is C18H19N5O. The molecule has 1 aliphatic heterocycles. The molecule has 1 aromatic carbocycles. The van der Waals surface area contributed by atoms with Crippen LogP contribution < -0.4 is 10.5 Å². The first kappa shape index (κ1) is 13.8. The number of hydrogen-bond acceptors (Lipinski definition) is 4. The van der Waals surface area contributed by atoms with E-state index in [0.717, 1.165) is 56.6 Å². The minimum Gasteiger partial charge on any atom is -0.369 e. The van der Waals surface area contributed by atoms with Gasteiger partial charge in [0.2, 0.25) is 0 Å². The van der Waals surface area contributed by atoms with Crippen molar-refractivity contribution in [2.24, 2.45) is 0 Å². The fraction of sp³-hybridized carbons (Fsp3) is 0.389. The Morgan fingerprint density at radius 1 is 1.08 bits per heavy atom. The minimum atomic E-state index is 0.0619. The minimum absolute atomic E-state index is 0.0619. The molecule has 24 heavy (non-hydrogen) atoms. The molecule has 6 heteroatoms. The van der Waals surface area contributed by atoms with Gasteiger partial charge in [-0.05, 0) is 37.3 Å². The third-order valence-corrected chi connectivity index (χ3v) is 5.21. The van der Waals surface area contributed by atoms with Crippen molar-refractivity contribution in [3.8, 4) is 0 Å². The van der Waals surface area contributed by atoms with Crippen molar-refractivity contribution in [1.82, 2.24) is 19.2 Å². The molecule has 0 saturated carbocycles. The number of rotatable bonds is 3. The van der Waals surface area contributed by atoms with E-state index in [1.807, 2.05) is 4.68 Å². The molecule has 2 aromatic heterocycles. The summed E-state index contributed by atoms with van der Waals surface area (Å²) in [7, 11) is 0. The second-order valence-corrected chi connectivity index (χ2v) is 6.58. The van der Waals surface area contributed by atoms with Gasteiger partial charge in [0.05, 0.1) is 12.2 Å². The van der Waals surface area contributed by atoms with Crippen molar-refractivity contribution in [2.45, 2.75) is 32.2 Å². The highest BCUT2D eigenvalue weighted by Gasteiger charge is 2.21. The van der Waals surface area contributed by atoms with Crippen molar-refractivity contribution in [2.75, 3.05) is 18.0 Å². The van der Waals surface area contributed by atoms with E-state index < -0.39 is 0 Å². The number of aryl methyl sites for hydroxylation is 1. The van der Waals surface area contributed by atoms with Crippen LogP contribution in [-0.4, -0.2) is 32.3 Å². The molecule has 0 bridgehead atoms. The van der Waals surface area contributed by atoms with Gasteiger partial charge in [0, 0.05) is 24.3 Å². The Kier molecular flexibility index (Phi) is 2.98. The molecule has 0 amide bonds. The zero-order valence-electron chi connectivity index (χ0n) is 13.5. The lowest BCUT2D eigenvalue weighted by Gasteiger charge is -2.19. The lowest BCUT2D eigenvalue weighted by molar-refractivity contribution is 0.556. The quantitative estimate of drug-likeness (QED) is 0.732. The summed E-state index contributed by atoms with van der Waals surface area (Å²) in [6.07, 6.45) is 5.60. The average molecular weight is 321 g/mol. The monoisotopic (exact) mass is 321 g/mol. The van der Waals surface area contributed by atoms with Crippen molar-refractivity contribution < 1.29 is 0 Å². The molecule has 0 N–H and O–H groups in total. The maximum absolute atomic E-state index is 12.7. The van der Waals surface area contributed by atoms with Crippen molar-refractivity contribution in [1.29, 1.82) is 0 Å². The summed E-state index contributed by atoms with van der Waals surface area (Å²) >= 11 is 0. The van der Waals surface area contributed by atoms with E-state index in [9.17, 15) is 4.79 Å². The highest BCUT2D eigenvalue weighted by Crippen LogP contribution is 2.27. The van der Waals surface area contributed by atoms with E-state index >= 15 is 0 Å². The molecule has 122 valence electrons. The smallest absolute Gasteiger partial charge is 0.277 e. The van der Waals surface area contributed by atoms with Gasteiger partial charge in [0.15, 0.2) is 0 Å². The first-order valence-electron chi connectivity index (χ1n) is 8.60. The van der Waals surface area contributed by atoms with Gasteiger partial charge in [-0.3, -0.25) is 9.48 Å². The topological polar surface area (TPSA) is 55.4 Å². The van der Waals surface area contributed by atoms with Crippen LogP contribution in [0.1, 0.15) is 23.2 Å². The van der Waals surface area contributed by atoms with E-state index in [4.69, 9.17) is 0 Å². The van der Waals surface area contributed by atoms with Crippen molar-refractivity contribution >= 4 is 11.5 Å². The van der Waals surface area contributed by atoms with E-state index in [1.165, 1.54) is 11.3 Å². The summed E-state index contributed by atoms with van der Waals surface area (Å²) < 4.78 is 3.55. The first-order valence-corrected chi connectivity index (χ1v) is 8.60. The standard InChI is InChI=1S/C18H19N5O/c24-17-14-5-3-6-15(14)20-18-19-12-22(23(17)18)11-10-21-9-8-13-4-1-2-7-16(13)21/h1-2,4,7,12H,3,5-6,8-11H2. The van der Waals surface area contributed by atoms with Crippen molar-refractivity contribution in [3.05, 3.63) is 57.8 Å². The van der Waals surface area contributed by atoms with Crippen LogP contribution in [-0.2, 0) is 25.8 Å². The molecular weight excluding hydrogens is 302 g/mol. The van der Waals surface area contributed by atoms with Crippen LogP contribution in [0.5, 0.6) is 0 Å². The van der Waals surface area contributed by atoms with Gasteiger partial charge in [0.25, 0.3) is 11.3 Å². The van der Waals surface area contributed by atoms with Crippen LogP contribution in [0, 0.1) is 0 Å². The molecule has 2 aliphatic rings. The van der Waals surface area contributed by atoms with E-state index in [2.05, 4.69) is 39.1 Å². The molecule has 1 aliphatic carbocycles. The molecule has 3 heterocycles. The molecule has 0 fully saturated rings. The number of benzene rings is 1. The van der Waals surface area contributed by atoms with Gasteiger partial charge in [-0.1, -0.05) is 18.2 Å². The summed E-state index contributed by atoms with van der Waals surface area (Å²) in [6.45, 7) is 2.63. The number of anilines is 1. The van der Waals surface area contributed by atoms with Gasteiger partial charge in [-0.2, -0.15) is 9.50 Å². The highest BCUT2D eigenvalue weighted by molar-refractivity contribution is 5.57. The van der Waals surface area contributed by atoms with E-state index in [-0.39, 0.29) is 5.56 Å². The van der Waals surface area contributed by atoms with E-state index in [0.29, 0.717) is 5.78 Å². The molecule has 6 nitrogen and oxygen atoms in total. The average Bonchev–Trinajstić information content (AvgIpc) is 3.31. The Morgan fingerprint density at radius 2 is 2.00 bits per heavy atom. The fourth-order valence-corrected chi connectivity index (χ4v) is 3.97. The van der Waals surface area contributed by atoms with Gasteiger partial charge in [-0.15, -0.1) is 0 Å². The van der Waals surface area contributed by atoms with Crippen LogP contribution in [0.15, 0.2) is 35.4 Å². The third-order valence-electron chi connectivity index (χ3n) is 5.21. The molecule has 0 spiro atoms. The number of hydrogen-bond donors (Lipinski definition) is 0. The normalized spacial score (nSPS) is 15.9. The van der Waals surface area contributed by atoms with Crippen molar-refractivity contribution in [3.63, 3.8) is 0 Å². The lowest BCUT2D eigenvalue weighted by atomic mass is 10.2. The van der Waals surface area contributed by atoms with Gasteiger partial charge >= 0.3 is 0 Å². The molecule has 0 radical (unpaired) electrons. The Bertz CT molecular complexity index is 987. The Morgan fingerprint density at radius 3 is 2.96 bits per heavy atom. The summed E-state index contributed by atoms with van der Waals surface area (Å²) in [5.74, 6) is 0.530. The van der Waals surface area contributed by atoms with Gasteiger partial charge in [0.1, 0.15) is 6.33 Å². The zero-order chi connectivity index (χ0) is 16.1. The summed E-state index contributed by atoms with van der Waals surface area (Å²) in [6, 6.07) is 8.55. The van der Waals surface area contributed by atoms with Crippen LogP contribution in [0.2, 0.25) is 0 Å². The van der Waals surface area contributed by atoms with Crippen LogP contribution in [0.25, 0.3) is 5.78 Å². The molecule has 5 rings (SSSR count). The highest BCUT2D eigenvalue weighted by atomic mass is 16.1. The second-order valence-electron chi connectivity index (χ2n) is 6.58. The Labute approximate surface area is 139 Å². The SMILES string of the molecule is O=c1c2c(nc3ncn(CCN4CCc5ccccc54)n13)CCC2. The third kappa shape index (κ3) is 1.99. The Balaban J connectivity index is 1.45. The van der Waals surface area contributed by atoms with Gasteiger partial charge in [-0.25, -0.2) is 4.98 Å². The molecule has 0 saturated heterocycles. The lowest BCUT2D eigenvalue weighted by Crippen LogP contribution is -2.30. The number of nitrogens with zero attached hydrogens (tertiary/aromatic N) is 5. The molecule has 0 atom stereocenters. The van der Waals surface area contributed by atoms with E-state index in [1.54, 1.807) is 10.8 Å². The largest absolute Gasteiger partial charge is 0.369 e. The summed E-state index contributed by atoms with van der Waals surface area (Å²) in [4.78, 5) is 24.0. The van der Waals surface area contributed by atoms with Crippen LogP contribution in [0.4, 0.5) is 5.69 Å². The van der Waals surface area contributed by atoms with Crippen LogP contribution >= 0.6 is 0 Å². The summed E-state index contributed by atoms with van der Waals surface area (Å²) in [5, 5.41) is 0.